The number of rotatable bonds is 5. The van der Waals surface area contributed by atoms with E-state index in [1.807, 2.05) is 13.8 Å². The summed E-state index contributed by atoms with van der Waals surface area (Å²) in [6.07, 6.45) is 0.958. The molecule has 0 saturated heterocycles. The maximum absolute atomic E-state index is 13.4. The SMILES string of the molecule is CC(C)Sc1nnc(N2C(=O)C[C@@H](c3cccc([N+](=O)[O-])c3)C3=C2CC(C)(C)CC3=O)s1. The first-order chi connectivity index (χ1) is 15.1. The molecule has 0 saturated carbocycles. The molecule has 1 aromatic heterocycles. The lowest BCUT2D eigenvalue weighted by molar-refractivity contribution is -0.384. The largest absolute Gasteiger partial charge is 0.294 e. The van der Waals surface area contributed by atoms with Gasteiger partial charge in [-0.25, -0.2) is 0 Å². The van der Waals surface area contributed by atoms with Crippen molar-refractivity contribution in [1.29, 1.82) is 0 Å². The number of anilines is 1. The Bertz CT molecular complexity index is 1140. The Morgan fingerprint density at radius 3 is 2.69 bits per heavy atom. The van der Waals surface area contributed by atoms with Crippen LogP contribution in [0.3, 0.4) is 0 Å². The van der Waals surface area contributed by atoms with Gasteiger partial charge in [0.1, 0.15) is 0 Å². The summed E-state index contributed by atoms with van der Waals surface area (Å²) in [6.45, 7) is 8.14. The zero-order valence-corrected chi connectivity index (χ0v) is 20.0. The normalized spacial score (nSPS) is 20.7. The monoisotopic (exact) mass is 472 g/mol. The molecule has 8 nitrogen and oxygen atoms in total. The first kappa shape index (κ1) is 22.6. The Morgan fingerprint density at radius 2 is 2.00 bits per heavy atom. The molecule has 0 radical (unpaired) electrons. The smallest absolute Gasteiger partial charge is 0.269 e. The Labute approximate surface area is 194 Å². The summed E-state index contributed by atoms with van der Waals surface area (Å²) < 4.78 is 0.771. The highest BCUT2D eigenvalue weighted by Crippen LogP contribution is 2.49. The molecule has 4 rings (SSSR count). The van der Waals surface area contributed by atoms with Crippen molar-refractivity contribution in [1.82, 2.24) is 10.2 Å². The van der Waals surface area contributed by atoms with Crippen molar-refractivity contribution in [2.24, 2.45) is 5.41 Å². The quantitative estimate of drug-likeness (QED) is 0.258. The zero-order chi connectivity index (χ0) is 23.2. The number of Topliss-reactive ketones (excluding diaryl/α,β-unsaturated/α-hetero) is 1. The van der Waals surface area contributed by atoms with E-state index in [0.717, 1.165) is 4.34 Å². The lowest BCUT2D eigenvalue weighted by Gasteiger charge is -2.41. The summed E-state index contributed by atoms with van der Waals surface area (Å²) in [5, 5.41) is 20.6. The second kappa shape index (κ2) is 8.40. The van der Waals surface area contributed by atoms with Crippen molar-refractivity contribution in [2.45, 2.75) is 62.5 Å². The molecular weight excluding hydrogens is 448 g/mol. The van der Waals surface area contributed by atoms with Crippen molar-refractivity contribution in [3.63, 3.8) is 0 Å². The predicted molar refractivity (Wildman–Crippen MR) is 124 cm³/mol. The summed E-state index contributed by atoms with van der Waals surface area (Å²) in [4.78, 5) is 39.1. The number of hydrogen-bond donors (Lipinski definition) is 0. The van der Waals surface area contributed by atoms with Crippen LogP contribution in [-0.4, -0.2) is 32.1 Å². The van der Waals surface area contributed by atoms with Crippen LogP contribution in [0.5, 0.6) is 0 Å². The van der Waals surface area contributed by atoms with E-state index in [2.05, 4.69) is 24.0 Å². The number of aromatic nitrogens is 2. The minimum atomic E-state index is -0.505. The van der Waals surface area contributed by atoms with E-state index >= 15 is 0 Å². The van der Waals surface area contributed by atoms with Crippen molar-refractivity contribution in [3.05, 3.63) is 51.2 Å². The summed E-state index contributed by atoms with van der Waals surface area (Å²) in [6, 6.07) is 6.23. The van der Waals surface area contributed by atoms with Crippen LogP contribution in [0, 0.1) is 15.5 Å². The van der Waals surface area contributed by atoms with Crippen LogP contribution < -0.4 is 4.90 Å². The minimum Gasteiger partial charge on any atom is -0.294 e. The highest BCUT2D eigenvalue weighted by molar-refractivity contribution is 8.01. The highest BCUT2D eigenvalue weighted by Gasteiger charge is 2.45. The molecule has 1 aliphatic heterocycles. The van der Waals surface area contributed by atoms with Crippen LogP contribution >= 0.6 is 23.1 Å². The first-order valence-electron chi connectivity index (χ1n) is 10.4. The number of nitro benzene ring substituents is 1. The fraction of sp³-hybridized carbons (Fsp3) is 0.455. The molecule has 0 fully saturated rings. The second-order valence-electron chi connectivity index (χ2n) is 9.16. The highest BCUT2D eigenvalue weighted by atomic mass is 32.2. The number of carbonyl (C=O) groups excluding carboxylic acids is 2. The van der Waals surface area contributed by atoms with Crippen LogP contribution in [-0.2, 0) is 9.59 Å². The van der Waals surface area contributed by atoms with Gasteiger partial charge in [0, 0.05) is 47.4 Å². The molecule has 0 bridgehead atoms. The third-order valence-electron chi connectivity index (χ3n) is 5.55. The van der Waals surface area contributed by atoms with Gasteiger partial charge in [0.05, 0.1) is 4.92 Å². The lowest BCUT2D eigenvalue weighted by Crippen LogP contribution is -2.43. The Balaban J connectivity index is 1.83. The number of hydrogen-bond acceptors (Lipinski definition) is 8. The molecule has 1 amide bonds. The van der Waals surface area contributed by atoms with Gasteiger partial charge < -0.3 is 0 Å². The van der Waals surface area contributed by atoms with Gasteiger partial charge in [-0.3, -0.25) is 24.6 Å². The van der Waals surface area contributed by atoms with Gasteiger partial charge in [0.25, 0.3) is 5.69 Å². The Kier molecular flexibility index (Phi) is 5.93. The van der Waals surface area contributed by atoms with Crippen molar-refractivity contribution < 1.29 is 14.5 Å². The molecule has 10 heteroatoms. The van der Waals surface area contributed by atoms with E-state index < -0.39 is 10.8 Å². The van der Waals surface area contributed by atoms with E-state index in [1.54, 1.807) is 28.8 Å². The molecule has 2 heterocycles. The fourth-order valence-electron chi connectivity index (χ4n) is 4.32. The molecule has 168 valence electrons. The van der Waals surface area contributed by atoms with E-state index in [9.17, 15) is 19.7 Å². The van der Waals surface area contributed by atoms with Crippen molar-refractivity contribution in [3.8, 4) is 0 Å². The van der Waals surface area contributed by atoms with Gasteiger partial charge in [-0.15, -0.1) is 10.2 Å². The molecule has 0 unspecified atom stereocenters. The number of carbonyl (C=O) groups is 2. The molecule has 2 aromatic rings. The number of ketones is 1. The zero-order valence-electron chi connectivity index (χ0n) is 18.3. The van der Waals surface area contributed by atoms with Gasteiger partial charge in [0.15, 0.2) is 10.1 Å². The van der Waals surface area contributed by atoms with Crippen LogP contribution in [0.25, 0.3) is 0 Å². The molecule has 1 atom stereocenters. The van der Waals surface area contributed by atoms with Gasteiger partial charge >= 0.3 is 0 Å². The van der Waals surface area contributed by atoms with E-state index in [4.69, 9.17) is 0 Å². The van der Waals surface area contributed by atoms with Crippen LogP contribution in [0.2, 0.25) is 0 Å². The molecular formula is C22H24N4O4S2. The summed E-state index contributed by atoms with van der Waals surface area (Å²) >= 11 is 2.92. The number of benzene rings is 1. The standard InChI is InChI=1S/C22H24N4O4S2/c1-12(2)31-21-24-23-20(32-21)25-16-10-22(3,4)11-17(27)19(16)15(9-18(25)28)13-6-5-7-14(8-13)26(29)30/h5-8,12,15H,9-11H2,1-4H3/t15-/m0/s1. The van der Waals surface area contributed by atoms with Crippen molar-refractivity contribution in [2.75, 3.05) is 4.90 Å². The fourth-order valence-corrected chi connectivity index (χ4v) is 6.43. The molecule has 1 aliphatic carbocycles. The summed E-state index contributed by atoms with van der Waals surface area (Å²) in [7, 11) is 0. The Morgan fingerprint density at radius 1 is 1.25 bits per heavy atom. The molecule has 0 N–H and O–H groups in total. The molecule has 1 aromatic carbocycles. The maximum atomic E-state index is 13.4. The third kappa shape index (κ3) is 4.33. The second-order valence-corrected chi connectivity index (χ2v) is 11.9. The maximum Gasteiger partial charge on any atom is 0.269 e. The van der Waals surface area contributed by atoms with E-state index in [0.29, 0.717) is 40.1 Å². The lowest BCUT2D eigenvalue weighted by atomic mass is 9.69. The first-order valence-corrected chi connectivity index (χ1v) is 12.1. The number of nitrogens with zero attached hydrogens (tertiary/aromatic N) is 4. The number of nitro groups is 1. The molecule has 32 heavy (non-hydrogen) atoms. The average Bonchev–Trinajstić information content (AvgIpc) is 3.13. The number of allylic oxidation sites excluding steroid dienone is 2. The van der Waals surface area contributed by atoms with Gasteiger partial charge in [0.2, 0.25) is 11.0 Å². The summed E-state index contributed by atoms with van der Waals surface area (Å²) in [5.41, 5.74) is 1.47. The summed E-state index contributed by atoms with van der Waals surface area (Å²) in [5.74, 6) is -0.704. The number of non-ortho nitro benzene ring substituents is 1. The molecule has 0 spiro atoms. The number of thioether (sulfide) groups is 1. The van der Waals surface area contributed by atoms with E-state index in [-0.39, 0.29) is 29.2 Å². The van der Waals surface area contributed by atoms with Crippen LogP contribution in [0.15, 0.2) is 39.9 Å². The predicted octanol–water partition coefficient (Wildman–Crippen LogP) is 5.11. The Hall–Kier alpha value is -2.59. The average molecular weight is 473 g/mol. The molecule has 2 aliphatic rings. The van der Waals surface area contributed by atoms with E-state index in [1.165, 1.54) is 23.5 Å². The van der Waals surface area contributed by atoms with Gasteiger partial charge in [-0.05, 0) is 17.4 Å². The third-order valence-corrected chi connectivity index (χ3v) is 7.55. The van der Waals surface area contributed by atoms with Gasteiger partial charge in [-0.1, -0.05) is 62.9 Å². The van der Waals surface area contributed by atoms with Gasteiger partial charge in [-0.2, -0.15) is 0 Å². The van der Waals surface area contributed by atoms with Crippen LogP contribution in [0.1, 0.15) is 58.4 Å². The minimum absolute atomic E-state index is 0.0217. The number of amides is 1. The van der Waals surface area contributed by atoms with Crippen molar-refractivity contribution >= 4 is 45.6 Å². The topological polar surface area (TPSA) is 106 Å². The van der Waals surface area contributed by atoms with Crippen LogP contribution in [0.4, 0.5) is 10.8 Å².